The lowest BCUT2D eigenvalue weighted by atomic mass is 10.1. The summed E-state index contributed by atoms with van der Waals surface area (Å²) in [5.74, 6) is -4.58. The minimum atomic E-state index is -1.09. The third kappa shape index (κ3) is 12.2. The van der Waals surface area contributed by atoms with Crippen LogP contribution in [0.2, 0.25) is 0 Å². The maximum absolute atomic E-state index is 14.4. The summed E-state index contributed by atoms with van der Waals surface area (Å²) < 4.78 is 86.6. The van der Waals surface area contributed by atoms with E-state index in [1.165, 1.54) is 68.6 Å². The van der Waals surface area contributed by atoms with Crippen LogP contribution in [0.3, 0.4) is 0 Å². The van der Waals surface area contributed by atoms with E-state index in [-0.39, 0.29) is 36.3 Å². The molecule has 3 amide bonds. The molecule has 3 N–H and O–H groups in total. The first kappa shape index (κ1) is 55.2. The molecule has 3 saturated carbocycles. The number of carbonyl (C=O) groups is 3. The first-order valence-corrected chi connectivity index (χ1v) is 27.3. The van der Waals surface area contributed by atoms with Crippen molar-refractivity contribution in [3.8, 4) is 50.8 Å². The number of halogens is 6. The van der Waals surface area contributed by atoms with Crippen LogP contribution in [-0.4, -0.2) is 95.5 Å². The van der Waals surface area contributed by atoms with Crippen LogP contribution < -0.4 is 16.0 Å². The van der Waals surface area contributed by atoms with Crippen molar-refractivity contribution in [1.29, 1.82) is 0 Å². The second kappa shape index (κ2) is 23.2. The number of hydrogen-bond donors (Lipinski definition) is 3. The van der Waals surface area contributed by atoms with Crippen molar-refractivity contribution >= 4 is 67.9 Å². The number of carbonyl (C=O) groups excluding carboxylic acids is 3. The van der Waals surface area contributed by atoms with E-state index in [0.29, 0.717) is 34.0 Å². The molecule has 0 radical (unpaired) electrons. The molecule has 0 bridgehead atoms. The number of rotatable bonds is 12. The van der Waals surface area contributed by atoms with E-state index in [2.05, 4.69) is 61.2 Å². The van der Waals surface area contributed by atoms with E-state index >= 15 is 0 Å². The van der Waals surface area contributed by atoms with Crippen molar-refractivity contribution in [1.82, 2.24) is 59.2 Å². The van der Waals surface area contributed by atoms with Gasteiger partial charge in [-0.2, -0.15) is 0 Å². The van der Waals surface area contributed by atoms with Crippen molar-refractivity contribution in [3.63, 3.8) is 0 Å². The van der Waals surface area contributed by atoms with Crippen LogP contribution in [0.4, 0.5) is 43.4 Å². The van der Waals surface area contributed by atoms with Gasteiger partial charge in [0, 0.05) is 106 Å². The Balaban J connectivity index is 0.000000121. The fourth-order valence-corrected chi connectivity index (χ4v) is 9.45. The number of fused-ring (bicyclic) bond motifs is 3. The molecule has 3 fully saturated rings. The van der Waals surface area contributed by atoms with Crippen molar-refractivity contribution in [2.45, 2.75) is 37.8 Å². The highest BCUT2D eigenvalue weighted by Crippen LogP contribution is 2.37. The Labute approximate surface area is 489 Å². The van der Waals surface area contributed by atoms with Gasteiger partial charge in [-0.05, 0) is 128 Å². The Morgan fingerprint density at radius 2 is 0.678 bits per heavy atom. The van der Waals surface area contributed by atoms with Crippen LogP contribution >= 0.6 is 0 Å². The number of alkyl halides is 3. The van der Waals surface area contributed by atoms with Gasteiger partial charge in [-0.25, -0.2) is 55.3 Å². The summed E-state index contributed by atoms with van der Waals surface area (Å²) in [7, 11) is 0. The molecule has 87 heavy (non-hydrogen) atoms. The van der Waals surface area contributed by atoms with Crippen LogP contribution in [0.25, 0.3) is 83.9 Å². The Bertz CT molecular complexity index is 4130. The summed E-state index contributed by atoms with van der Waals surface area (Å²) in [6.07, 6.45) is 12.5. The predicted molar refractivity (Wildman–Crippen MR) is 311 cm³/mol. The molecule has 432 valence electrons. The lowest BCUT2D eigenvalue weighted by molar-refractivity contribution is -0.118. The van der Waals surface area contributed by atoms with E-state index in [9.17, 15) is 40.7 Å². The molecule has 3 aliphatic carbocycles. The maximum atomic E-state index is 14.4. The number of nitrogens with one attached hydrogen (secondary N) is 3. The molecule has 0 spiro atoms. The molecule has 18 nitrogen and oxygen atoms in total. The summed E-state index contributed by atoms with van der Waals surface area (Å²) in [5.41, 5.74) is 7.79. The van der Waals surface area contributed by atoms with Gasteiger partial charge in [-0.15, -0.1) is 15.3 Å². The molecule has 12 aromatic rings. The minimum Gasteiger partial charge on any atom is -0.326 e. The third-order valence-corrected chi connectivity index (χ3v) is 14.5. The first-order chi connectivity index (χ1) is 42.2. The Morgan fingerprint density at radius 3 is 0.931 bits per heavy atom. The second-order valence-electron chi connectivity index (χ2n) is 20.8. The van der Waals surface area contributed by atoms with E-state index in [1.54, 1.807) is 55.8 Å². The number of hydrogen-bond acceptors (Lipinski definition) is 12. The standard InChI is InChI=1S/3C21H15F2N5O/c3*22-16-5-4-14(26-21(29)15-9-17(15)23)8-19(16)28-11-13-7-12(10-25-20(13)27-28)18-3-1-2-6-24-18/h3*1-8,10-11,15,17H,9H2,(H,26,29)/t3*15-,17-/m100/s1. The third-order valence-electron chi connectivity index (χ3n) is 14.5. The lowest BCUT2D eigenvalue weighted by Crippen LogP contribution is -2.15. The molecule has 9 heterocycles. The second-order valence-corrected chi connectivity index (χ2v) is 20.8. The summed E-state index contributed by atoms with van der Waals surface area (Å²) >= 11 is 0. The highest BCUT2D eigenvalue weighted by Gasteiger charge is 2.45. The number of aromatic nitrogens is 12. The highest BCUT2D eigenvalue weighted by atomic mass is 19.2. The summed E-state index contributed by atoms with van der Waals surface area (Å²) in [6, 6.07) is 34.9. The van der Waals surface area contributed by atoms with Crippen LogP contribution in [-0.2, 0) is 14.4 Å². The number of anilines is 3. The van der Waals surface area contributed by atoms with E-state index in [0.717, 1.165) is 49.9 Å². The molecule has 9 aromatic heterocycles. The largest absolute Gasteiger partial charge is 0.326 e. The van der Waals surface area contributed by atoms with Gasteiger partial charge in [-0.3, -0.25) is 29.3 Å². The summed E-state index contributed by atoms with van der Waals surface area (Å²) in [5, 5.41) is 23.0. The van der Waals surface area contributed by atoms with Crippen molar-refractivity contribution in [2.24, 2.45) is 17.8 Å². The number of benzene rings is 3. The van der Waals surface area contributed by atoms with Crippen molar-refractivity contribution < 1.29 is 40.7 Å². The van der Waals surface area contributed by atoms with Gasteiger partial charge in [-0.1, -0.05) is 18.2 Å². The zero-order chi connectivity index (χ0) is 59.9. The van der Waals surface area contributed by atoms with Crippen LogP contribution in [0.5, 0.6) is 0 Å². The summed E-state index contributed by atoms with van der Waals surface area (Å²) in [6.45, 7) is 0. The van der Waals surface area contributed by atoms with Crippen LogP contribution in [0.1, 0.15) is 19.3 Å². The lowest BCUT2D eigenvalue weighted by Gasteiger charge is -2.08. The topological polar surface area (TPSA) is 218 Å². The fourth-order valence-electron chi connectivity index (χ4n) is 9.45. The highest BCUT2D eigenvalue weighted by molar-refractivity contribution is 5.96. The molecule has 3 aromatic carbocycles. The average Bonchev–Trinajstić information content (AvgIpc) is 2.93. The van der Waals surface area contributed by atoms with Gasteiger partial charge in [0.05, 0.1) is 34.8 Å². The molecule has 0 unspecified atom stereocenters. The molecule has 3 aliphatic rings. The van der Waals surface area contributed by atoms with Gasteiger partial charge in [0.15, 0.2) is 16.9 Å². The zero-order valence-electron chi connectivity index (χ0n) is 45.3. The molecule has 15 rings (SSSR count). The van der Waals surface area contributed by atoms with Gasteiger partial charge in [0.1, 0.15) is 53.0 Å². The number of pyridine rings is 6. The normalized spacial score (nSPS) is 18.0. The van der Waals surface area contributed by atoms with Gasteiger partial charge in [0.2, 0.25) is 17.7 Å². The molecule has 24 heteroatoms. The van der Waals surface area contributed by atoms with Gasteiger partial charge in [0.25, 0.3) is 0 Å². The maximum Gasteiger partial charge on any atom is 0.230 e. The van der Waals surface area contributed by atoms with Gasteiger partial charge < -0.3 is 16.0 Å². The van der Waals surface area contributed by atoms with E-state index in [1.807, 2.05) is 72.8 Å². The Kier molecular flexibility index (Phi) is 14.7. The van der Waals surface area contributed by atoms with Crippen LogP contribution in [0.15, 0.2) is 183 Å². The average molecular weight is 1170 g/mol. The first-order valence-electron chi connectivity index (χ1n) is 27.3. The molecule has 0 saturated heterocycles. The molecule has 6 atom stereocenters. The van der Waals surface area contributed by atoms with Crippen molar-refractivity contribution in [3.05, 3.63) is 201 Å². The number of amides is 3. The van der Waals surface area contributed by atoms with Crippen molar-refractivity contribution in [2.75, 3.05) is 16.0 Å². The molecular weight excluding hydrogens is 1130 g/mol. The van der Waals surface area contributed by atoms with Crippen LogP contribution in [0, 0.1) is 35.2 Å². The number of nitrogens with zero attached hydrogens (tertiary/aromatic N) is 12. The Hall–Kier alpha value is -11.0. The molecule has 0 aliphatic heterocycles. The zero-order valence-corrected chi connectivity index (χ0v) is 45.3. The quantitative estimate of drug-likeness (QED) is 0.0973. The monoisotopic (exact) mass is 1170 g/mol. The van der Waals surface area contributed by atoms with Gasteiger partial charge >= 0.3 is 0 Å². The Morgan fingerprint density at radius 1 is 0.391 bits per heavy atom. The predicted octanol–water partition coefficient (Wildman–Crippen LogP) is 11.8. The minimum absolute atomic E-state index is 0.160. The fraction of sp³-hybridized carbons (Fsp3) is 0.143. The SMILES string of the molecule is O=C(Nc1ccc(F)c(-n2cc3cc(-c4ccccn4)cnc3n2)c1)[C@@H]1C[C@H]1F.O=C(Nc1ccc(F)c(-n2cc3cc(-c4ccccn4)cnc3n2)c1)[C@H]1C[C@@H]1F.O=C(Nc1ccc(F)c(-n2cc3cc(-c4ccccn4)cnc3n2)c1)[C@H]1C[C@@H]1F. The summed E-state index contributed by atoms with van der Waals surface area (Å²) in [4.78, 5) is 61.8. The van der Waals surface area contributed by atoms with E-state index in [4.69, 9.17) is 0 Å². The smallest absolute Gasteiger partial charge is 0.230 e. The molecular formula is C63H45F6N15O3. The van der Waals surface area contributed by atoms with E-state index < -0.39 is 71.4 Å².